The number of amides is 2. The molecule has 0 rings (SSSR count). The Labute approximate surface area is 91.2 Å². The number of likely N-dealkylation sites (N-methyl/N-ethyl adjacent to an activating group) is 1. The molecule has 0 aromatic rings. The second-order valence-electron chi connectivity index (χ2n) is 3.45. The zero-order valence-corrected chi connectivity index (χ0v) is 9.96. The van der Waals surface area contributed by atoms with E-state index in [2.05, 4.69) is 10.6 Å². The van der Waals surface area contributed by atoms with Gasteiger partial charge in [-0.3, -0.25) is 9.59 Å². The summed E-state index contributed by atoms with van der Waals surface area (Å²) in [6.07, 6.45) is 0.393. The van der Waals surface area contributed by atoms with Gasteiger partial charge in [-0.25, -0.2) is 0 Å². The summed E-state index contributed by atoms with van der Waals surface area (Å²) in [5.41, 5.74) is 0. The summed E-state index contributed by atoms with van der Waals surface area (Å²) < 4.78 is 0. The van der Waals surface area contributed by atoms with Crippen LogP contribution >= 0.6 is 0 Å². The number of hydrogen-bond acceptors (Lipinski definition) is 3. The fourth-order valence-corrected chi connectivity index (χ4v) is 1.10. The topological polar surface area (TPSA) is 61.4 Å². The van der Waals surface area contributed by atoms with Crippen LogP contribution in [-0.4, -0.2) is 49.9 Å². The lowest BCUT2D eigenvalue weighted by Gasteiger charge is -2.20. The third-order valence-corrected chi connectivity index (χ3v) is 2.30. The molecule has 15 heavy (non-hydrogen) atoms. The SMILES string of the molecule is CCN(C)C(=O)C(C)NCCC(=O)NC. The van der Waals surface area contributed by atoms with E-state index in [1.54, 1.807) is 25.9 Å². The molecule has 0 saturated carbocycles. The lowest BCUT2D eigenvalue weighted by Crippen LogP contribution is -2.43. The van der Waals surface area contributed by atoms with E-state index in [-0.39, 0.29) is 17.9 Å². The van der Waals surface area contributed by atoms with Gasteiger partial charge in [0.05, 0.1) is 6.04 Å². The molecule has 0 radical (unpaired) electrons. The number of nitrogens with zero attached hydrogens (tertiary/aromatic N) is 1. The minimum atomic E-state index is -0.236. The second-order valence-corrected chi connectivity index (χ2v) is 3.45. The molecule has 0 saturated heterocycles. The number of nitrogens with one attached hydrogen (secondary N) is 2. The van der Waals surface area contributed by atoms with Crippen LogP contribution < -0.4 is 10.6 Å². The van der Waals surface area contributed by atoms with E-state index in [0.717, 1.165) is 0 Å². The van der Waals surface area contributed by atoms with Crippen LogP contribution in [0.25, 0.3) is 0 Å². The van der Waals surface area contributed by atoms with Crippen molar-refractivity contribution in [2.75, 3.05) is 27.2 Å². The van der Waals surface area contributed by atoms with Crippen LogP contribution in [0, 0.1) is 0 Å². The molecule has 1 unspecified atom stereocenters. The van der Waals surface area contributed by atoms with Crippen LogP contribution in [0.4, 0.5) is 0 Å². The summed E-state index contributed by atoms with van der Waals surface area (Å²) in [7, 11) is 3.36. The van der Waals surface area contributed by atoms with Crippen LogP contribution in [0.3, 0.4) is 0 Å². The standard InChI is InChI=1S/C10H21N3O2/c1-5-13(4)10(15)8(2)12-7-6-9(14)11-3/h8,12H,5-7H2,1-4H3,(H,11,14). The van der Waals surface area contributed by atoms with E-state index in [0.29, 0.717) is 19.5 Å². The molecule has 0 bridgehead atoms. The van der Waals surface area contributed by atoms with Crippen molar-refractivity contribution in [1.29, 1.82) is 0 Å². The van der Waals surface area contributed by atoms with E-state index in [1.807, 2.05) is 6.92 Å². The molecular weight excluding hydrogens is 194 g/mol. The molecule has 2 amide bonds. The molecule has 0 aliphatic carbocycles. The summed E-state index contributed by atoms with van der Waals surface area (Å²) >= 11 is 0. The Balaban J connectivity index is 3.78. The third kappa shape index (κ3) is 5.37. The molecule has 5 nitrogen and oxygen atoms in total. The summed E-state index contributed by atoms with van der Waals surface area (Å²) in [5.74, 6) is 0.0281. The maximum atomic E-state index is 11.6. The van der Waals surface area contributed by atoms with Crippen molar-refractivity contribution in [1.82, 2.24) is 15.5 Å². The van der Waals surface area contributed by atoms with Crippen molar-refractivity contribution in [2.45, 2.75) is 26.3 Å². The zero-order chi connectivity index (χ0) is 11.8. The van der Waals surface area contributed by atoms with Gasteiger partial charge in [-0.15, -0.1) is 0 Å². The molecule has 0 heterocycles. The summed E-state index contributed by atoms with van der Waals surface area (Å²) in [6.45, 7) is 4.94. The third-order valence-electron chi connectivity index (χ3n) is 2.30. The van der Waals surface area contributed by atoms with Gasteiger partial charge in [-0.05, 0) is 13.8 Å². The molecule has 0 aliphatic rings. The quantitative estimate of drug-likeness (QED) is 0.632. The fraction of sp³-hybridized carbons (Fsp3) is 0.800. The van der Waals surface area contributed by atoms with Crippen molar-refractivity contribution in [3.05, 3.63) is 0 Å². The van der Waals surface area contributed by atoms with Gasteiger partial charge in [-0.1, -0.05) is 0 Å². The van der Waals surface area contributed by atoms with Crippen LogP contribution in [0.2, 0.25) is 0 Å². The van der Waals surface area contributed by atoms with Gasteiger partial charge in [0.2, 0.25) is 11.8 Å². The Morgan fingerprint density at radius 3 is 2.47 bits per heavy atom. The molecule has 0 aliphatic heterocycles. The highest BCUT2D eigenvalue weighted by molar-refractivity contribution is 5.81. The van der Waals surface area contributed by atoms with Gasteiger partial charge in [0.15, 0.2) is 0 Å². The largest absolute Gasteiger partial charge is 0.359 e. The van der Waals surface area contributed by atoms with Gasteiger partial charge in [-0.2, -0.15) is 0 Å². The fourth-order valence-electron chi connectivity index (χ4n) is 1.10. The van der Waals surface area contributed by atoms with Crippen LogP contribution in [0.1, 0.15) is 20.3 Å². The normalized spacial score (nSPS) is 12.0. The molecule has 0 spiro atoms. The predicted molar refractivity (Wildman–Crippen MR) is 59.5 cm³/mol. The molecule has 0 aromatic heterocycles. The lowest BCUT2D eigenvalue weighted by molar-refractivity contribution is -0.131. The zero-order valence-electron chi connectivity index (χ0n) is 9.96. The van der Waals surface area contributed by atoms with Crippen LogP contribution in [0.5, 0.6) is 0 Å². The van der Waals surface area contributed by atoms with E-state index in [9.17, 15) is 9.59 Å². The van der Waals surface area contributed by atoms with E-state index < -0.39 is 0 Å². The van der Waals surface area contributed by atoms with Gasteiger partial charge in [0.25, 0.3) is 0 Å². The first kappa shape index (κ1) is 13.9. The highest BCUT2D eigenvalue weighted by atomic mass is 16.2. The smallest absolute Gasteiger partial charge is 0.239 e. The Morgan fingerprint density at radius 2 is 2.00 bits per heavy atom. The second kappa shape index (κ2) is 7.23. The van der Waals surface area contributed by atoms with Gasteiger partial charge >= 0.3 is 0 Å². The average Bonchev–Trinajstić information content (AvgIpc) is 2.26. The van der Waals surface area contributed by atoms with Crippen LogP contribution in [-0.2, 0) is 9.59 Å². The Morgan fingerprint density at radius 1 is 1.40 bits per heavy atom. The number of rotatable bonds is 6. The molecule has 2 N–H and O–H groups in total. The number of carbonyl (C=O) groups excluding carboxylic acids is 2. The maximum Gasteiger partial charge on any atom is 0.239 e. The molecule has 0 fully saturated rings. The number of hydrogen-bond donors (Lipinski definition) is 2. The monoisotopic (exact) mass is 215 g/mol. The lowest BCUT2D eigenvalue weighted by atomic mass is 10.2. The van der Waals surface area contributed by atoms with E-state index in [1.165, 1.54) is 0 Å². The highest BCUT2D eigenvalue weighted by Crippen LogP contribution is 1.91. The number of carbonyl (C=O) groups is 2. The summed E-state index contributed by atoms with van der Waals surface area (Å²) in [5, 5.41) is 5.54. The minimum Gasteiger partial charge on any atom is -0.359 e. The Bertz CT molecular complexity index is 219. The first-order chi connectivity index (χ1) is 7.02. The molecule has 0 aromatic carbocycles. The van der Waals surface area contributed by atoms with Gasteiger partial charge in [0.1, 0.15) is 0 Å². The Kier molecular flexibility index (Phi) is 6.70. The first-order valence-electron chi connectivity index (χ1n) is 5.21. The maximum absolute atomic E-state index is 11.6. The van der Waals surface area contributed by atoms with E-state index in [4.69, 9.17) is 0 Å². The predicted octanol–water partition coefficient (Wildman–Crippen LogP) is -0.421. The average molecular weight is 215 g/mol. The van der Waals surface area contributed by atoms with Crippen molar-refractivity contribution >= 4 is 11.8 Å². The van der Waals surface area contributed by atoms with Gasteiger partial charge < -0.3 is 15.5 Å². The molecule has 88 valence electrons. The van der Waals surface area contributed by atoms with E-state index >= 15 is 0 Å². The van der Waals surface area contributed by atoms with Gasteiger partial charge in [0, 0.05) is 33.6 Å². The van der Waals surface area contributed by atoms with Crippen molar-refractivity contribution in [2.24, 2.45) is 0 Å². The highest BCUT2D eigenvalue weighted by Gasteiger charge is 2.15. The first-order valence-corrected chi connectivity index (χ1v) is 5.21. The molecule has 5 heteroatoms. The van der Waals surface area contributed by atoms with Crippen molar-refractivity contribution in [3.8, 4) is 0 Å². The van der Waals surface area contributed by atoms with Crippen LogP contribution in [0.15, 0.2) is 0 Å². The minimum absolute atomic E-state index is 0.0222. The summed E-state index contributed by atoms with van der Waals surface area (Å²) in [4.78, 5) is 24.1. The Hall–Kier alpha value is -1.10. The molecular formula is C10H21N3O2. The van der Waals surface area contributed by atoms with Crippen molar-refractivity contribution in [3.63, 3.8) is 0 Å². The summed E-state index contributed by atoms with van der Waals surface area (Å²) in [6, 6.07) is -0.236. The molecule has 1 atom stereocenters. The van der Waals surface area contributed by atoms with Crippen molar-refractivity contribution < 1.29 is 9.59 Å².